The summed E-state index contributed by atoms with van der Waals surface area (Å²) in [4.78, 5) is 12.9. The average Bonchev–Trinajstić information content (AvgIpc) is 2.75. The Labute approximate surface area is 105 Å². The molecule has 0 spiro atoms. The highest BCUT2D eigenvalue weighted by Gasteiger charge is 2.15. The lowest BCUT2D eigenvalue weighted by Gasteiger charge is -2.02. The summed E-state index contributed by atoms with van der Waals surface area (Å²) in [7, 11) is 0. The molecule has 1 aromatic heterocycles. The number of rotatable bonds is 4. The fourth-order valence-electron chi connectivity index (χ4n) is 1.73. The average molecular weight is 246 g/mol. The van der Waals surface area contributed by atoms with Gasteiger partial charge in [-0.15, -0.1) is 5.10 Å². The highest BCUT2D eigenvalue weighted by atomic mass is 32.1. The van der Waals surface area contributed by atoms with Crippen LogP contribution in [0, 0.1) is 6.92 Å². The van der Waals surface area contributed by atoms with Gasteiger partial charge in [-0.1, -0.05) is 36.0 Å². The molecule has 0 atom stereocenters. The van der Waals surface area contributed by atoms with E-state index >= 15 is 0 Å². The Bertz CT molecular complexity index is 534. The molecule has 0 amide bonds. The zero-order valence-corrected chi connectivity index (χ0v) is 10.8. The Morgan fingerprint density at radius 1 is 1.41 bits per heavy atom. The minimum Gasteiger partial charge on any atom is -0.288 e. The fourth-order valence-corrected chi connectivity index (χ4v) is 2.35. The summed E-state index contributed by atoms with van der Waals surface area (Å²) in [5.41, 5.74) is 2.64. The van der Waals surface area contributed by atoms with E-state index in [9.17, 15) is 4.79 Å². The zero-order valence-electron chi connectivity index (χ0n) is 9.93. The van der Waals surface area contributed by atoms with E-state index in [1.165, 1.54) is 5.56 Å². The van der Waals surface area contributed by atoms with Gasteiger partial charge in [0.05, 0.1) is 5.69 Å². The molecule has 4 heteroatoms. The second-order valence-electron chi connectivity index (χ2n) is 3.97. The third-order valence-electron chi connectivity index (χ3n) is 2.59. The van der Waals surface area contributed by atoms with E-state index in [4.69, 9.17) is 0 Å². The van der Waals surface area contributed by atoms with Crippen LogP contribution in [-0.4, -0.2) is 15.4 Å². The van der Waals surface area contributed by atoms with E-state index in [-0.39, 0.29) is 5.78 Å². The molecule has 0 bridgehead atoms. The number of nitrogens with zero attached hydrogens (tertiary/aromatic N) is 2. The number of carbonyl (C=O) groups excluding carboxylic acids is 1. The summed E-state index contributed by atoms with van der Waals surface area (Å²) in [5.74, 6) is 0.0236. The first kappa shape index (κ1) is 11.9. The van der Waals surface area contributed by atoms with Crippen LogP contribution in [0.3, 0.4) is 0 Å². The lowest BCUT2D eigenvalue weighted by molar-refractivity contribution is 0.104. The van der Waals surface area contributed by atoms with Crippen LogP contribution in [0.1, 0.15) is 39.8 Å². The van der Waals surface area contributed by atoms with Crippen LogP contribution in [0.4, 0.5) is 0 Å². The maximum Gasteiger partial charge on any atom is 0.206 e. The van der Waals surface area contributed by atoms with E-state index in [1.54, 1.807) is 0 Å². The predicted molar refractivity (Wildman–Crippen MR) is 68.5 cm³/mol. The van der Waals surface area contributed by atoms with Crippen molar-refractivity contribution in [2.45, 2.75) is 26.7 Å². The maximum atomic E-state index is 12.2. The molecule has 2 rings (SSSR count). The van der Waals surface area contributed by atoms with Crippen molar-refractivity contribution >= 4 is 17.3 Å². The van der Waals surface area contributed by atoms with Gasteiger partial charge < -0.3 is 0 Å². The molecule has 17 heavy (non-hydrogen) atoms. The Balaban J connectivity index is 2.31. The lowest BCUT2D eigenvalue weighted by atomic mass is 10.0. The van der Waals surface area contributed by atoms with Crippen LogP contribution < -0.4 is 0 Å². The Kier molecular flexibility index (Phi) is 3.64. The molecule has 0 aliphatic rings. The predicted octanol–water partition coefficient (Wildman–Crippen LogP) is 3.03. The van der Waals surface area contributed by atoms with Crippen LogP contribution in [-0.2, 0) is 6.42 Å². The lowest BCUT2D eigenvalue weighted by Crippen LogP contribution is -2.01. The van der Waals surface area contributed by atoms with Crippen LogP contribution in [0.15, 0.2) is 24.3 Å². The number of hydrogen-bond donors (Lipinski definition) is 0. The van der Waals surface area contributed by atoms with Gasteiger partial charge in [-0.05, 0) is 36.5 Å². The molecule has 0 N–H and O–H groups in total. The largest absolute Gasteiger partial charge is 0.288 e. The summed E-state index contributed by atoms with van der Waals surface area (Å²) in [6, 6.07) is 7.80. The maximum absolute atomic E-state index is 12.2. The summed E-state index contributed by atoms with van der Waals surface area (Å²) >= 11 is 1.16. The number of aryl methyl sites for hydroxylation is 2. The standard InChI is InChI=1S/C13H14N2OS/c1-3-5-10-6-4-7-11(8-10)12(16)13-9(2)14-15-17-13/h4,6-8H,3,5H2,1-2H3. The molecule has 0 unspecified atom stereocenters. The van der Waals surface area contributed by atoms with Crippen molar-refractivity contribution in [2.75, 3.05) is 0 Å². The zero-order chi connectivity index (χ0) is 12.3. The van der Waals surface area contributed by atoms with E-state index < -0.39 is 0 Å². The van der Waals surface area contributed by atoms with Crippen molar-refractivity contribution in [3.63, 3.8) is 0 Å². The molecule has 1 aromatic carbocycles. The summed E-state index contributed by atoms with van der Waals surface area (Å²) in [5, 5.41) is 3.87. The Hall–Kier alpha value is -1.55. The molecule has 0 radical (unpaired) electrons. The normalized spacial score (nSPS) is 10.5. The summed E-state index contributed by atoms with van der Waals surface area (Å²) in [6.45, 7) is 3.94. The summed E-state index contributed by atoms with van der Waals surface area (Å²) < 4.78 is 3.80. The minimum atomic E-state index is 0.0236. The van der Waals surface area contributed by atoms with Crippen molar-refractivity contribution in [1.82, 2.24) is 9.59 Å². The molecular formula is C13H14N2OS. The highest BCUT2D eigenvalue weighted by molar-refractivity contribution is 7.08. The quantitative estimate of drug-likeness (QED) is 0.779. The topological polar surface area (TPSA) is 42.9 Å². The fraction of sp³-hybridized carbons (Fsp3) is 0.308. The highest BCUT2D eigenvalue weighted by Crippen LogP contribution is 2.17. The van der Waals surface area contributed by atoms with E-state index in [0.29, 0.717) is 10.6 Å². The van der Waals surface area contributed by atoms with Crippen molar-refractivity contribution in [3.05, 3.63) is 46.0 Å². The van der Waals surface area contributed by atoms with E-state index in [2.05, 4.69) is 22.6 Å². The summed E-state index contributed by atoms with van der Waals surface area (Å²) in [6.07, 6.45) is 2.08. The number of benzene rings is 1. The first-order valence-electron chi connectivity index (χ1n) is 5.65. The van der Waals surface area contributed by atoms with Crippen molar-refractivity contribution in [2.24, 2.45) is 0 Å². The van der Waals surface area contributed by atoms with Crippen molar-refractivity contribution in [1.29, 1.82) is 0 Å². The van der Waals surface area contributed by atoms with Gasteiger partial charge in [0, 0.05) is 5.56 Å². The monoisotopic (exact) mass is 246 g/mol. The molecule has 0 aliphatic carbocycles. The molecule has 0 saturated carbocycles. The van der Waals surface area contributed by atoms with Gasteiger partial charge in [-0.2, -0.15) is 0 Å². The van der Waals surface area contributed by atoms with Gasteiger partial charge in [0.1, 0.15) is 4.88 Å². The molecule has 0 saturated heterocycles. The van der Waals surface area contributed by atoms with Crippen LogP contribution in [0.5, 0.6) is 0 Å². The van der Waals surface area contributed by atoms with Crippen LogP contribution in [0.25, 0.3) is 0 Å². The Morgan fingerprint density at radius 2 is 2.24 bits per heavy atom. The number of ketones is 1. The Morgan fingerprint density at radius 3 is 2.88 bits per heavy atom. The molecule has 1 heterocycles. The van der Waals surface area contributed by atoms with Gasteiger partial charge >= 0.3 is 0 Å². The molecule has 0 fully saturated rings. The number of hydrogen-bond acceptors (Lipinski definition) is 4. The van der Waals surface area contributed by atoms with Gasteiger partial charge in [0.2, 0.25) is 5.78 Å². The van der Waals surface area contributed by atoms with Gasteiger partial charge in [0.15, 0.2) is 0 Å². The van der Waals surface area contributed by atoms with Crippen LogP contribution >= 0.6 is 11.5 Å². The van der Waals surface area contributed by atoms with E-state index in [0.717, 1.165) is 29.9 Å². The third kappa shape index (κ3) is 2.58. The minimum absolute atomic E-state index is 0.0236. The van der Waals surface area contributed by atoms with Gasteiger partial charge in [-0.3, -0.25) is 4.79 Å². The third-order valence-corrected chi connectivity index (χ3v) is 3.41. The molecule has 3 nitrogen and oxygen atoms in total. The number of carbonyl (C=O) groups is 1. The molecular weight excluding hydrogens is 232 g/mol. The van der Waals surface area contributed by atoms with Crippen LogP contribution in [0.2, 0.25) is 0 Å². The van der Waals surface area contributed by atoms with Crippen molar-refractivity contribution < 1.29 is 4.79 Å². The second-order valence-corrected chi connectivity index (χ2v) is 4.72. The first-order valence-corrected chi connectivity index (χ1v) is 6.42. The first-order chi connectivity index (χ1) is 8.22. The second kappa shape index (κ2) is 5.19. The molecule has 2 aromatic rings. The molecule has 0 aliphatic heterocycles. The van der Waals surface area contributed by atoms with E-state index in [1.807, 2.05) is 25.1 Å². The number of aromatic nitrogens is 2. The van der Waals surface area contributed by atoms with Gasteiger partial charge in [0.25, 0.3) is 0 Å². The smallest absolute Gasteiger partial charge is 0.206 e. The van der Waals surface area contributed by atoms with Crippen molar-refractivity contribution in [3.8, 4) is 0 Å². The SMILES string of the molecule is CCCc1cccc(C(=O)c2snnc2C)c1. The molecule has 88 valence electrons. The van der Waals surface area contributed by atoms with Gasteiger partial charge in [-0.25, -0.2) is 0 Å².